The van der Waals surface area contributed by atoms with E-state index >= 15 is 0 Å². The van der Waals surface area contributed by atoms with Gasteiger partial charge in [0.25, 0.3) is 0 Å². The molecule has 0 amide bonds. The van der Waals surface area contributed by atoms with E-state index in [2.05, 4.69) is 10.3 Å². The molecule has 1 aromatic carbocycles. The monoisotopic (exact) mass is 242 g/mol. The standard InChI is InChI=1S/C13H11FN4/c1-8-5-6-17-13(12(8)16)18-11-4-2-3-10(14)9(11)7-15/h2-6H,16H2,1H3,(H,17,18). The van der Waals surface area contributed by atoms with E-state index in [9.17, 15) is 4.39 Å². The molecule has 0 atom stereocenters. The first-order chi connectivity index (χ1) is 8.63. The second-order valence-corrected chi connectivity index (χ2v) is 3.79. The normalized spacial score (nSPS) is 9.83. The van der Waals surface area contributed by atoms with E-state index in [4.69, 9.17) is 11.0 Å². The molecule has 0 fully saturated rings. The lowest BCUT2D eigenvalue weighted by Gasteiger charge is -2.11. The van der Waals surface area contributed by atoms with Crippen LogP contribution in [0.2, 0.25) is 0 Å². The van der Waals surface area contributed by atoms with E-state index in [-0.39, 0.29) is 5.56 Å². The van der Waals surface area contributed by atoms with Gasteiger partial charge in [-0.2, -0.15) is 5.26 Å². The van der Waals surface area contributed by atoms with Gasteiger partial charge in [-0.1, -0.05) is 6.07 Å². The summed E-state index contributed by atoms with van der Waals surface area (Å²) in [4.78, 5) is 4.07. The van der Waals surface area contributed by atoms with Gasteiger partial charge in [-0.25, -0.2) is 9.37 Å². The largest absolute Gasteiger partial charge is 0.396 e. The smallest absolute Gasteiger partial charge is 0.153 e. The molecule has 1 heterocycles. The van der Waals surface area contributed by atoms with E-state index in [1.54, 1.807) is 18.3 Å². The molecule has 0 aliphatic rings. The Balaban J connectivity index is 2.44. The van der Waals surface area contributed by atoms with Crippen LogP contribution in [0.1, 0.15) is 11.1 Å². The molecule has 0 radical (unpaired) electrons. The molecule has 5 heteroatoms. The number of nitrogens with two attached hydrogens (primary N) is 1. The van der Waals surface area contributed by atoms with Gasteiger partial charge < -0.3 is 11.1 Å². The molecule has 2 rings (SSSR count). The fraction of sp³-hybridized carbons (Fsp3) is 0.0769. The third kappa shape index (κ3) is 2.09. The maximum Gasteiger partial charge on any atom is 0.153 e. The van der Waals surface area contributed by atoms with Crippen LogP contribution in [0.3, 0.4) is 0 Å². The summed E-state index contributed by atoms with van der Waals surface area (Å²) in [6.45, 7) is 1.85. The first kappa shape index (κ1) is 11.9. The quantitative estimate of drug-likeness (QED) is 0.849. The van der Waals surface area contributed by atoms with E-state index in [1.807, 2.05) is 13.0 Å². The lowest BCUT2D eigenvalue weighted by atomic mass is 10.1. The SMILES string of the molecule is Cc1ccnc(Nc2cccc(F)c2C#N)c1N. The van der Waals surface area contributed by atoms with Gasteiger partial charge in [-0.3, -0.25) is 0 Å². The number of hydrogen-bond donors (Lipinski definition) is 2. The molecular weight excluding hydrogens is 231 g/mol. The number of nitrogen functional groups attached to an aromatic ring is 1. The van der Waals surface area contributed by atoms with Crippen molar-refractivity contribution < 1.29 is 4.39 Å². The molecule has 0 aliphatic heterocycles. The number of nitriles is 1. The Hall–Kier alpha value is -2.61. The zero-order valence-corrected chi connectivity index (χ0v) is 9.74. The molecule has 0 unspecified atom stereocenters. The van der Waals surface area contributed by atoms with E-state index < -0.39 is 5.82 Å². The summed E-state index contributed by atoms with van der Waals surface area (Å²) in [5.41, 5.74) is 7.49. The minimum Gasteiger partial charge on any atom is -0.396 e. The average Bonchev–Trinajstić information content (AvgIpc) is 2.35. The van der Waals surface area contributed by atoms with Crippen LogP contribution in [-0.2, 0) is 0 Å². The third-order valence-corrected chi connectivity index (χ3v) is 2.59. The van der Waals surface area contributed by atoms with Gasteiger partial charge in [-0.05, 0) is 30.7 Å². The second kappa shape index (κ2) is 4.72. The van der Waals surface area contributed by atoms with Crippen molar-refractivity contribution in [2.75, 3.05) is 11.1 Å². The molecule has 90 valence electrons. The van der Waals surface area contributed by atoms with Gasteiger partial charge >= 0.3 is 0 Å². The predicted molar refractivity (Wildman–Crippen MR) is 67.8 cm³/mol. The van der Waals surface area contributed by atoms with Crippen molar-refractivity contribution in [1.82, 2.24) is 4.98 Å². The van der Waals surface area contributed by atoms with Crippen LogP contribution in [0.5, 0.6) is 0 Å². The summed E-state index contributed by atoms with van der Waals surface area (Å²) >= 11 is 0. The van der Waals surface area contributed by atoms with Crippen LogP contribution in [0.25, 0.3) is 0 Å². The van der Waals surface area contributed by atoms with Gasteiger partial charge in [0.1, 0.15) is 17.4 Å². The second-order valence-electron chi connectivity index (χ2n) is 3.79. The van der Waals surface area contributed by atoms with Gasteiger partial charge in [0.15, 0.2) is 5.82 Å². The van der Waals surface area contributed by atoms with Crippen molar-refractivity contribution in [3.8, 4) is 6.07 Å². The first-order valence-corrected chi connectivity index (χ1v) is 5.30. The van der Waals surface area contributed by atoms with Gasteiger partial charge in [0.05, 0.1) is 11.4 Å². The number of benzene rings is 1. The number of nitrogens with one attached hydrogen (secondary N) is 1. The van der Waals surface area contributed by atoms with Gasteiger partial charge in [0.2, 0.25) is 0 Å². The van der Waals surface area contributed by atoms with Crippen LogP contribution in [0.4, 0.5) is 21.6 Å². The summed E-state index contributed by atoms with van der Waals surface area (Å²) < 4.78 is 13.4. The molecule has 0 spiro atoms. The summed E-state index contributed by atoms with van der Waals surface area (Å²) in [5.74, 6) is -0.161. The molecule has 2 aromatic rings. The Bertz CT molecular complexity index is 631. The Morgan fingerprint density at radius 2 is 2.17 bits per heavy atom. The fourth-order valence-electron chi connectivity index (χ4n) is 1.54. The molecule has 0 bridgehead atoms. The molecular formula is C13H11FN4. The number of anilines is 3. The topological polar surface area (TPSA) is 74.7 Å². The van der Waals surface area contributed by atoms with Gasteiger partial charge in [0, 0.05) is 6.20 Å². The van der Waals surface area contributed by atoms with Crippen LogP contribution in [0, 0.1) is 24.1 Å². The Morgan fingerprint density at radius 3 is 2.89 bits per heavy atom. The molecule has 0 aliphatic carbocycles. The van der Waals surface area contributed by atoms with Crippen molar-refractivity contribution in [3.05, 3.63) is 47.4 Å². The molecule has 3 N–H and O–H groups in total. The Morgan fingerprint density at radius 1 is 1.39 bits per heavy atom. The molecule has 0 saturated carbocycles. The predicted octanol–water partition coefficient (Wildman–Crippen LogP) is 2.73. The van der Waals surface area contributed by atoms with Gasteiger partial charge in [-0.15, -0.1) is 0 Å². The van der Waals surface area contributed by atoms with Crippen molar-refractivity contribution in [3.63, 3.8) is 0 Å². The number of aromatic nitrogens is 1. The highest BCUT2D eigenvalue weighted by Gasteiger charge is 2.10. The van der Waals surface area contributed by atoms with Crippen molar-refractivity contribution in [2.24, 2.45) is 0 Å². The highest BCUT2D eigenvalue weighted by molar-refractivity contribution is 5.73. The van der Waals surface area contributed by atoms with Crippen LogP contribution < -0.4 is 11.1 Å². The van der Waals surface area contributed by atoms with E-state index in [0.29, 0.717) is 17.2 Å². The minimum atomic E-state index is -0.575. The van der Waals surface area contributed by atoms with Crippen LogP contribution in [0.15, 0.2) is 30.5 Å². The number of rotatable bonds is 2. The fourth-order valence-corrected chi connectivity index (χ4v) is 1.54. The number of hydrogen-bond acceptors (Lipinski definition) is 4. The van der Waals surface area contributed by atoms with Crippen molar-refractivity contribution >= 4 is 17.2 Å². The number of halogens is 1. The molecule has 4 nitrogen and oxygen atoms in total. The lowest BCUT2D eigenvalue weighted by molar-refractivity contribution is 0.624. The van der Waals surface area contributed by atoms with Crippen molar-refractivity contribution in [1.29, 1.82) is 5.26 Å². The molecule has 1 aromatic heterocycles. The van der Waals surface area contributed by atoms with E-state index in [1.165, 1.54) is 12.1 Å². The highest BCUT2D eigenvalue weighted by Crippen LogP contribution is 2.26. The van der Waals surface area contributed by atoms with Crippen molar-refractivity contribution in [2.45, 2.75) is 6.92 Å². The zero-order chi connectivity index (χ0) is 13.1. The lowest BCUT2D eigenvalue weighted by Crippen LogP contribution is -2.02. The highest BCUT2D eigenvalue weighted by atomic mass is 19.1. The average molecular weight is 242 g/mol. The molecule has 0 saturated heterocycles. The zero-order valence-electron chi connectivity index (χ0n) is 9.74. The van der Waals surface area contributed by atoms with E-state index in [0.717, 1.165) is 5.56 Å². The Kier molecular flexibility index (Phi) is 3.11. The number of pyridine rings is 1. The first-order valence-electron chi connectivity index (χ1n) is 5.30. The maximum absolute atomic E-state index is 13.4. The summed E-state index contributed by atoms with van der Waals surface area (Å²) in [6.07, 6.45) is 1.60. The minimum absolute atomic E-state index is 0.0554. The number of nitrogens with zero attached hydrogens (tertiary/aromatic N) is 2. The summed E-state index contributed by atoms with van der Waals surface area (Å²) in [5, 5.41) is 11.8. The summed E-state index contributed by atoms with van der Waals surface area (Å²) in [7, 11) is 0. The van der Waals surface area contributed by atoms with Crippen LogP contribution >= 0.6 is 0 Å². The Labute approximate surface area is 104 Å². The molecule has 18 heavy (non-hydrogen) atoms. The van der Waals surface area contributed by atoms with Crippen LogP contribution in [-0.4, -0.2) is 4.98 Å². The third-order valence-electron chi connectivity index (χ3n) is 2.59. The maximum atomic E-state index is 13.4. The summed E-state index contributed by atoms with van der Waals surface area (Å²) in [6, 6.07) is 7.94. The number of aryl methyl sites for hydroxylation is 1.